The molecule has 0 aromatic carbocycles. The van der Waals surface area contributed by atoms with Crippen LogP contribution in [0.1, 0.15) is 19.5 Å². The Balaban J connectivity index is 2.50. The first-order valence-corrected chi connectivity index (χ1v) is 6.59. The van der Waals surface area contributed by atoms with Crippen LogP contribution in [0, 0.1) is 10.6 Å². The first-order valence-electron chi connectivity index (χ1n) is 5.39. The molecule has 90 valence electrons. The number of hydrogen-bond acceptors (Lipinski definition) is 3. The molecule has 1 N–H and O–H groups in total. The fourth-order valence-electron chi connectivity index (χ4n) is 1.59. The van der Waals surface area contributed by atoms with E-state index in [-0.39, 0.29) is 0 Å². The largest absolute Gasteiger partial charge is 0.472 e. The molecule has 2 aromatic rings. The van der Waals surface area contributed by atoms with Crippen LogP contribution >= 0.6 is 28.1 Å². The van der Waals surface area contributed by atoms with Crippen LogP contribution in [0.15, 0.2) is 27.5 Å². The van der Waals surface area contributed by atoms with E-state index in [1.807, 2.05) is 6.07 Å². The van der Waals surface area contributed by atoms with Gasteiger partial charge in [-0.15, -0.1) is 0 Å². The van der Waals surface area contributed by atoms with Gasteiger partial charge in [-0.25, -0.2) is 4.98 Å². The highest BCUT2D eigenvalue weighted by Gasteiger charge is 2.10. The van der Waals surface area contributed by atoms with E-state index in [1.54, 1.807) is 12.5 Å². The first-order chi connectivity index (χ1) is 8.08. The van der Waals surface area contributed by atoms with E-state index < -0.39 is 0 Å². The number of halogens is 1. The minimum Gasteiger partial charge on any atom is -0.472 e. The third-order valence-corrected chi connectivity index (χ3v) is 3.75. The Morgan fingerprint density at radius 3 is 2.88 bits per heavy atom. The van der Waals surface area contributed by atoms with Gasteiger partial charge in [-0.2, -0.15) is 0 Å². The van der Waals surface area contributed by atoms with E-state index in [1.165, 1.54) is 0 Å². The Morgan fingerprint density at radius 2 is 2.29 bits per heavy atom. The number of aromatic amines is 1. The van der Waals surface area contributed by atoms with Crippen molar-refractivity contribution < 1.29 is 4.42 Å². The molecule has 2 aromatic heterocycles. The van der Waals surface area contributed by atoms with Crippen LogP contribution < -0.4 is 0 Å². The van der Waals surface area contributed by atoms with E-state index in [0.717, 1.165) is 28.0 Å². The van der Waals surface area contributed by atoms with Crippen molar-refractivity contribution in [1.82, 2.24) is 9.97 Å². The normalized spacial score (nSPS) is 11.1. The summed E-state index contributed by atoms with van der Waals surface area (Å²) in [5.41, 5.74) is 1.99. The smallest absolute Gasteiger partial charge is 0.144 e. The second kappa shape index (κ2) is 5.14. The number of nitrogens with zero attached hydrogens (tertiary/aromatic N) is 1. The minimum absolute atomic E-state index is 0.552. The van der Waals surface area contributed by atoms with Crippen molar-refractivity contribution in [3.05, 3.63) is 33.4 Å². The molecule has 0 bridgehead atoms. The zero-order chi connectivity index (χ0) is 12.4. The van der Waals surface area contributed by atoms with Crippen LogP contribution in [-0.2, 0) is 6.42 Å². The van der Waals surface area contributed by atoms with Crippen LogP contribution in [0.5, 0.6) is 0 Å². The molecule has 0 saturated carbocycles. The lowest BCUT2D eigenvalue weighted by molar-refractivity contribution is 0.568. The van der Waals surface area contributed by atoms with Crippen LogP contribution in [0.3, 0.4) is 0 Å². The zero-order valence-electron chi connectivity index (χ0n) is 9.66. The van der Waals surface area contributed by atoms with Crippen molar-refractivity contribution in [1.29, 1.82) is 0 Å². The Kier molecular flexibility index (Phi) is 3.79. The summed E-state index contributed by atoms with van der Waals surface area (Å²) in [4.78, 5) is 7.64. The Labute approximate surface area is 113 Å². The molecule has 0 unspecified atom stereocenters. The Morgan fingerprint density at radius 1 is 1.53 bits per heavy atom. The molecular formula is C12H13BrN2OS. The molecular weight excluding hydrogens is 300 g/mol. The van der Waals surface area contributed by atoms with Crippen molar-refractivity contribution in [2.24, 2.45) is 5.92 Å². The second-order valence-corrected chi connectivity index (χ2v) is 5.47. The van der Waals surface area contributed by atoms with Crippen molar-refractivity contribution in [3.8, 4) is 11.4 Å². The lowest BCUT2D eigenvalue weighted by Crippen LogP contribution is -2.02. The minimum atomic E-state index is 0.552. The number of nitrogens with one attached hydrogen (secondary N) is 1. The van der Waals surface area contributed by atoms with Gasteiger partial charge in [0.25, 0.3) is 0 Å². The summed E-state index contributed by atoms with van der Waals surface area (Å²) >= 11 is 8.73. The fourth-order valence-corrected chi connectivity index (χ4v) is 2.15. The summed E-state index contributed by atoms with van der Waals surface area (Å²) < 4.78 is 6.52. The van der Waals surface area contributed by atoms with Crippen molar-refractivity contribution in [3.63, 3.8) is 0 Å². The molecule has 0 saturated heterocycles. The van der Waals surface area contributed by atoms with Gasteiger partial charge in [0.05, 0.1) is 16.3 Å². The maximum atomic E-state index is 5.25. The SMILES string of the molecule is CC(C)Cc1[nH]c(-c2ccoc2)nc(=S)c1Br. The summed E-state index contributed by atoms with van der Waals surface area (Å²) in [5.74, 6) is 1.30. The molecule has 0 radical (unpaired) electrons. The number of furan rings is 1. The predicted octanol–water partition coefficient (Wildman–Crippen LogP) is 4.36. The standard InChI is InChI=1S/C12H13BrN2OS/c1-7(2)5-9-10(13)12(17)15-11(14-9)8-3-4-16-6-8/h3-4,6-7H,5H2,1-2H3,(H,14,15,17). The molecule has 2 heterocycles. The van der Waals surface area contributed by atoms with E-state index in [2.05, 4.69) is 39.7 Å². The van der Waals surface area contributed by atoms with Gasteiger partial charge in [-0.3, -0.25) is 0 Å². The average molecular weight is 313 g/mol. The highest BCUT2D eigenvalue weighted by molar-refractivity contribution is 9.10. The first kappa shape index (κ1) is 12.5. The van der Waals surface area contributed by atoms with Crippen LogP contribution in [0.2, 0.25) is 0 Å². The highest BCUT2D eigenvalue weighted by Crippen LogP contribution is 2.23. The third kappa shape index (κ3) is 2.84. The third-order valence-electron chi connectivity index (χ3n) is 2.34. The molecule has 0 fully saturated rings. The van der Waals surface area contributed by atoms with Gasteiger partial charge in [0.1, 0.15) is 16.7 Å². The van der Waals surface area contributed by atoms with E-state index in [9.17, 15) is 0 Å². The predicted molar refractivity (Wildman–Crippen MR) is 73.4 cm³/mol. The number of hydrogen-bond donors (Lipinski definition) is 1. The summed E-state index contributed by atoms with van der Waals surface area (Å²) in [5, 5.41) is 0. The molecule has 0 aliphatic carbocycles. The molecule has 17 heavy (non-hydrogen) atoms. The second-order valence-electron chi connectivity index (χ2n) is 4.29. The quantitative estimate of drug-likeness (QED) is 0.856. The Hall–Kier alpha value is -0.940. The summed E-state index contributed by atoms with van der Waals surface area (Å²) in [6.45, 7) is 4.34. The average Bonchev–Trinajstić information content (AvgIpc) is 2.77. The van der Waals surface area contributed by atoms with Gasteiger partial charge in [0, 0.05) is 5.69 Å². The van der Waals surface area contributed by atoms with Gasteiger partial charge in [-0.1, -0.05) is 26.1 Å². The molecule has 0 atom stereocenters. The van der Waals surface area contributed by atoms with Gasteiger partial charge >= 0.3 is 0 Å². The van der Waals surface area contributed by atoms with E-state index >= 15 is 0 Å². The molecule has 0 spiro atoms. The molecule has 0 amide bonds. The number of aromatic nitrogens is 2. The number of H-pyrrole nitrogens is 1. The topological polar surface area (TPSA) is 41.8 Å². The van der Waals surface area contributed by atoms with Gasteiger partial charge in [0.2, 0.25) is 0 Å². The summed E-state index contributed by atoms with van der Waals surface area (Å²) in [7, 11) is 0. The highest BCUT2D eigenvalue weighted by atomic mass is 79.9. The number of rotatable bonds is 3. The molecule has 3 nitrogen and oxygen atoms in total. The van der Waals surface area contributed by atoms with E-state index in [4.69, 9.17) is 16.6 Å². The monoisotopic (exact) mass is 312 g/mol. The van der Waals surface area contributed by atoms with Crippen LogP contribution in [0.4, 0.5) is 0 Å². The van der Waals surface area contributed by atoms with Crippen LogP contribution in [0.25, 0.3) is 11.4 Å². The lowest BCUT2D eigenvalue weighted by atomic mass is 10.1. The van der Waals surface area contributed by atoms with Crippen molar-refractivity contribution in [2.75, 3.05) is 0 Å². The van der Waals surface area contributed by atoms with Crippen LogP contribution in [-0.4, -0.2) is 9.97 Å². The van der Waals surface area contributed by atoms with Crippen molar-refractivity contribution in [2.45, 2.75) is 20.3 Å². The fraction of sp³-hybridized carbons (Fsp3) is 0.333. The van der Waals surface area contributed by atoms with Gasteiger partial charge in [-0.05, 0) is 34.3 Å². The zero-order valence-corrected chi connectivity index (χ0v) is 12.1. The lowest BCUT2D eigenvalue weighted by Gasteiger charge is -2.09. The van der Waals surface area contributed by atoms with Gasteiger partial charge < -0.3 is 9.40 Å². The summed E-state index contributed by atoms with van der Waals surface area (Å²) in [6.07, 6.45) is 4.20. The molecule has 5 heteroatoms. The van der Waals surface area contributed by atoms with E-state index in [0.29, 0.717) is 10.6 Å². The summed E-state index contributed by atoms with van der Waals surface area (Å²) in [6, 6.07) is 1.86. The van der Waals surface area contributed by atoms with Gasteiger partial charge in [0.15, 0.2) is 0 Å². The maximum absolute atomic E-state index is 5.25. The molecule has 0 aliphatic rings. The maximum Gasteiger partial charge on any atom is 0.144 e. The molecule has 2 rings (SSSR count). The van der Waals surface area contributed by atoms with Crippen molar-refractivity contribution >= 4 is 28.1 Å². The molecule has 0 aliphatic heterocycles. The Bertz CT molecular complexity index is 560.